The maximum atomic E-state index is 13.1. The molecule has 0 aliphatic carbocycles. The SMILES string of the molecule is CCCCCCCCCCCCCCCCCCCCC(=O)OC[C@H](COP(=O)(O)OC[C@@H](O)COP(=O)(O)OC[C@@H](COC(=O)CCCCCCC)OC(=O)CCCCCCCCCCCCCC(C)C)OC(=O)CCCCCCCCCCCCCCCCCC(C)C. The summed E-state index contributed by atoms with van der Waals surface area (Å²) in [5, 5.41) is 10.6. The van der Waals surface area contributed by atoms with Crippen molar-refractivity contribution in [3.05, 3.63) is 0 Å². The number of carbonyl (C=O) groups excluding carboxylic acids is 4. The molecule has 0 aromatic rings. The third kappa shape index (κ3) is 70.3. The van der Waals surface area contributed by atoms with Crippen molar-refractivity contribution in [2.24, 2.45) is 11.8 Å². The summed E-state index contributed by atoms with van der Waals surface area (Å²) < 4.78 is 68.3. The molecule has 0 amide bonds. The van der Waals surface area contributed by atoms with Crippen LogP contribution in [-0.4, -0.2) is 96.7 Å². The van der Waals surface area contributed by atoms with E-state index < -0.39 is 97.5 Å². The van der Waals surface area contributed by atoms with E-state index in [-0.39, 0.29) is 25.7 Å². The van der Waals surface area contributed by atoms with Crippen molar-refractivity contribution in [1.82, 2.24) is 0 Å². The van der Waals surface area contributed by atoms with Gasteiger partial charge < -0.3 is 33.8 Å². The smallest absolute Gasteiger partial charge is 0.462 e. The van der Waals surface area contributed by atoms with Crippen LogP contribution in [0.25, 0.3) is 0 Å². The number of hydrogen-bond acceptors (Lipinski definition) is 15. The van der Waals surface area contributed by atoms with E-state index in [2.05, 4.69) is 41.5 Å². The van der Waals surface area contributed by atoms with Crippen LogP contribution in [0.15, 0.2) is 0 Å². The Bertz CT molecular complexity index is 1840. The average Bonchev–Trinajstić information content (AvgIpc) is 1.47. The third-order valence-corrected chi connectivity index (χ3v) is 19.6. The van der Waals surface area contributed by atoms with Crippen molar-refractivity contribution in [1.29, 1.82) is 0 Å². The molecule has 0 radical (unpaired) electrons. The lowest BCUT2D eigenvalue weighted by Crippen LogP contribution is -2.30. The molecule has 0 saturated carbocycles. The molecular formula is C76H148O17P2. The van der Waals surface area contributed by atoms with Crippen LogP contribution in [0.5, 0.6) is 0 Å². The normalized spacial score (nSPS) is 14.0. The molecule has 0 saturated heterocycles. The Morgan fingerprint density at radius 2 is 0.484 bits per heavy atom. The van der Waals surface area contributed by atoms with Crippen LogP contribution in [0.1, 0.15) is 395 Å². The molecule has 0 bridgehead atoms. The Kier molecular flexibility index (Phi) is 66.5. The molecule has 95 heavy (non-hydrogen) atoms. The first-order valence-electron chi connectivity index (χ1n) is 39.5. The second kappa shape index (κ2) is 67.9. The van der Waals surface area contributed by atoms with E-state index in [4.69, 9.17) is 37.0 Å². The van der Waals surface area contributed by atoms with Crippen LogP contribution in [0.3, 0.4) is 0 Å². The van der Waals surface area contributed by atoms with Crippen molar-refractivity contribution in [3.63, 3.8) is 0 Å². The largest absolute Gasteiger partial charge is 0.472 e. The van der Waals surface area contributed by atoms with Gasteiger partial charge in [-0.25, -0.2) is 9.13 Å². The first-order valence-corrected chi connectivity index (χ1v) is 42.5. The van der Waals surface area contributed by atoms with Gasteiger partial charge in [0.15, 0.2) is 12.2 Å². The fourth-order valence-corrected chi connectivity index (χ4v) is 13.2. The van der Waals surface area contributed by atoms with Crippen LogP contribution in [-0.2, 0) is 65.4 Å². The number of phosphoric acid groups is 2. The molecule has 17 nitrogen and oxygen atoms in total. The molecule has 564 valence electrons. The highest BCUT2D eigenvalue weighted by Gasteiger charge is 2.30. The van der Waals surface area contributed by atoms with E-state index in [0.717, 1.165) is 108 Å². The number of unbranched alkanes of at least 4 members (excludes halogenated alkanes) is 45. The summed E-state index contributed by atoms with van der Waals surface area (Å²) in [6.45, 7) is 9.54. The molecule has 0 aromatic heterocycles. The monoisotopic (exact) mass is 1400 g/mol. The number of aliphatic hydroxyl groups is 1. The second-order valence-corrected chi connectivity index (χ2v) is 31.3. The minimum absolute atomic E-state index is 0.106. The highest BCUT2D eigenvalue weighted by molar-refractivity contribution is 7.47. The summed E-state index contributed by atoms with van der Waals surface area (Å²) >= 11 is 0. The Morgan fingerprint density at radius 1 is 0.284 bits per heavy atom. The van der Waals surface area contributed by atoms with Crippen LogP contribution in [0.2, 0.25) is 0 Å². The van der Waals surface area contributed by atoms with Gasteiger partial charge in [0.2, 0.25) is 0 Å². The maximum absolute atomic E-state index is 13.1. The Labute approximate surface area is 581 Å². The van der Waals surface area contributed by atoms with Crippen LogP contribution < -0.4 is 0 Å². The summed E-state index contributed by atoms with van der Waals surface area (Å²) in [7, 11) is -9.90. The number of hydrogen-bond donors (Lipinski definition) is 3. The number of phosphoric ester groups is 2. The van der Waals surface area contributed by atoms with Crippen LogP contribution >= 0.6 is 15.6 Å². The number of rotatable bonds is 75. The number of aliphatic hydroxyl groups excluding tert-OH is 1. The average molecular weight is 1400 g/mol. The van der Waals surface area contributed by atoms with Gasteiger partial charge in [0.1, 0.15) is 19.3 Å². The predicted octanol–water partition coefficient (Wildman–Crippen LogP) is 22.3. The van der Waals surface area contributed by atoms with Crippen LogP contribution in [0, 0.1) is 11.8 Å². The Balaban J connectivity index is 5.14. The first kappa shape index (κ1) is 93.1. The van der Waals surface area contributed by atoms with Crippen molar-refractivity contribution in [2.45, 2.75) is 413 Å². The number of ether oxygens (including phenoxy) is 4. The third-order valence-electron chi connectivity index (χ3n) is 17.7. The van der Waals surface area contributed by atoms with Gasteiger partial charge in [-0.3, -0.25) is 37.3 Å². The zero-order valence-corrected chi connectivity index (χ0v) is 63.8. The Morgan fingerprint density at radius 3 is 0.716 bits per heavy atom. The Hall–Kier alpha value is -1.94. The van der Waals surface area contributed by atoms with E-state index in [1.807, 2.05) is 0 Å². The van der Waals surface area contributed by atoms with Gasteiger partial charge in [-0.1, -0.05) is 343 Å². The van der Waals surface area contributed by atoms with E-state index in [1.54, 1.807) is 0 Å². The predicted molar refractivity (Wildman–Crippen MR) is 386 cm³/mol. The van der Waals surface area contributed by atoms with Gasteiger partial charge in [-0.15, -0.1) is 0 Å². The van der Waals surface area contributed by atoms with Gasteiger partial charge in [0.25, 0.3) is 0 Å². The van der Waals surface area contributed by atoms with Gasteiger partial charge in [-0.2, -0.15) is 0 Å². The van der Waals surface area contributed by atoms with E-state index in [0.29, 0.717) is 25.7 Å². The quantitative estimate of drug-likeness (QED) is 0.0222. The zero-order valence-electron chi connectivity index (χ0n) is 62.0. The molecule has 19 heteroatoms. The second-order valence-electron chi connectivity index (χ2n) is 28.3. The van der Waals surface area contributed by atoms with Crippen molar-refractivity contribution in [2.75, 3.05) is 39.6 Å². The highest BCUT2D eigenvalue weighted by Crippen LogP contribution is 2.45. The molecule has 0 aromatic carbocycles. The lowest BCUT2D eigenvalue weighted by atomic mass is 10.0. The van der Waals surface area contributed by atoms with Crippen molar-refractivity contribution >= 4 is 39.5 Å². The molecule has 3 N–H and O–H groups in total. The van der Waals surface area contributed by atoms with E-state index in [1.165, 1.54) is 205 Å². The van der Waals surface area contributed by atoms with Crippen molar-refractivity contribution < 1.29 is 80.2 Å². The minimum atomic E-state index is -4.96. The summed E-state index contributed by atoms with van der Waals surface area (Å²) in [6.07, 6.45) is 55.9. The minimum Gasteiger partial charge on any atom is -0.462 e. The van der Waals surface area contributed by atoms with Gasteiger partial charge in [-0.05, 0) is 37.5 Å². The highest BCUT2D eigenvalue weighted by atomic mass is 31.2. The standard InChI is InChI=1S/C76H148O17P2/c1-7-9-11-13-14-15-16-17-18-19-20-23-26-31-36-41-47-53-59-74(79)87-65-72(93-76(81)60-54-48-42-37-32-27-24-21-22-25-29-34-39-45-50-56-68(3)4)67-91-95(84,85)89-63-70(77)62-88-94(82,83)90-66-71(64-86-73(78)58-52-44-12-10-8-2)92-75(80)61-55-49-43-38-33-28-30-35-40-46-51-57-69(5)6/h68-72,77H,7-67H2,1-6H3,(H,82,83)(H,84,85)/t70-,71+,72+/m0/s1. The molecule has 0 rings (SSSR count). The summed E-state index contributed by atoms with van der Waals surface area (Å²) in [5.74, 6) is -0.558. The fourth-order valence-electron chi connectivity index (χ4n) is 11.7. The lowest BCUT2D eigenvalue weighted by molar-refractivity contribution is -0.161. The van der Waals surface area contributed by atoms with E-state index in [9.17, 15) is 43.2 Å². The van der Waals surface area contributed by atoms with Gasteiger partial charge in [0.05, 0.1) is 26.4 Å². The molecule has 2 unspecified atom stereocenters. The van der Waals surface area contributed by atoms with Crippen molar-refractivity contribution in [3.8, 4) is 0 Å². The lowest BCUT2D eigenvalue weighted by Gasteiger charge is -2.21. The fraction of sp³-hybridized carbons (Fsp3) is 0.947. The molecule has 0 heterocycles. The summed E-state index contributed by atoms with van der Waals surface area (Å²) in [5.41, 5.74) is 0. The molecule has 0 aliphatic heterocycles. The number of carbonyl (C=O) groups is 4. The first-order chi connectivity index (χ1) is 45.9. The van der Waals surface area contributed by atoms with Gasteiger partial charge in [0, 0.05) is 25.7 Å². The summed E-state index contributed by atoms with van der Waals surface area (Å²) in [4.78, 5) is 72.5. The topological polar surface area (TPSA) is 237 Å². The van der Waals surface area contributed by atoms with Gasteiger partial charge >= 0.3 is 39.5 Å². The summed E-state index contributed by atoms with van der Waals surface area (Å²) in [6, 6.07) is 0. The molecule has 0 fully saturated rings. The molecule has 0 aliphatic rings. The molecule has 5 atom stereocenters. The number of esters is 4. The maximum Gasteiger partial charge on any atom is 0.472 e. The zero-order chi connectivity index (χ0) is 70.0. The molecular weight excluding hydrogens is 1250 g/mol. The van der Waals surface area contributed by atoms with E-state index >= 15 is 0 Å². The van der Waals surface area contributed by atoms with Crippen LogP contribution in [0.4, 0.5) is 0 Å². The molecule has 0 spiro atoms.